The van der Waals surface area contributed by atoms with Gasteiger partial charge in [0.2, 0.25) is 11.8 Å². The van der Waals surface area contributed by atoms with Crippen LogP contribution in [-0.4, -0.2) is 22.7 Å². The number of halogens is 1. The highest BCUT2D eigenvalue weighted by Gasteiger charge is 2.12. The molecule has 0 saturated heterocycles. The molecular formula is C14H11ClN4O3. The molecule has 22 heavy (non-hydrogen) atoms. The van der Waals surface area contributed by atoms with E-state index in [0.717, 1.165) is 0 Å². The number of anilines is 1. The largest absolute Gasteiger partial charge is 0.366 e. The minimum absolute atomic E-state index is 0.0563. The molecule has 3 amide bonds. The van der Waals surface area contributed by atoms with Crippen molar-refractivity contribution in [2.24, 2.45) is 11.5 Å². The molecule has 0 aliphatic rings. The van der Waals surface area contributed by atoms with Crippen LogP contribution in [0.1, 0.15) is 31.1 Å². The Morgan fingerprint density at radius 1 is 0.955 bits per heavy atom. The summed E-state index contributed by atoms with van der Waals surface area (Å²) in [7, 11) is 0. The van der Waals surface area contributed by atoms with Gasteiger partial charge in [0, 0.05) is 23.0 Å². The number of hydrogen-bond donors (Lipinski definition) is 3. The van der Waals surface area contributed by atoms with E-state index < -0.39 is 17.7 Å². The van der Waals surface area contributed by atoms with Gasteiger partial charge in [-0.15, -0.1) is 0 Å². The number of amides is 3. The lowest BCUT2D eigenvalue weighted by Crippen LogP contribution is -2.18. The van der Waals surface area contributed by atoms with Crippen LogP contribution in [0.5, 0.6) is 0 Å². The van der Waals surface area contributed by atoms with Crippen molar-refractivity contribution in [1.82, 2.24) is 4.98 Å². The highest BCUT2D eigenvalue weighted by atomic mass is 35.5. The summed E-state index contributed by atoms with van der Waals surface area (Å²) in [5.74, 6) is -1.97. The molecule has 0 saturated carbocycles. The molecule has 0 bridgehead atoms. The normalized spacial score (nSPS) is 10.0. The number of carbonyl (C=O) groups is 3. The van der Waals surface area contributed by atoms with Crippen molar-refractivity contribution >= 4 is 35.0 Å². The summed E-state index contributed by atoms with van der Waals surface area (Å²) in [6.45, 7) is 0. The Bertz CT molecular complexity index is 727. The first-order valence-electron chi connectivity index (χ1n) is 6.04. The lowest BCUT2D eigenvalue weighted by Gasteiger charge is -2.08. The summed E-state index contributed by atoms with van der Waals surface area (Å²) in [6, 6.07) is 6.89. The van der Waals surface area contributed by atoms with E-state index in [-0.39, 0.29) is 27.5 Å². The Morgan fingerprint density at radius 2 is 1.55 bits per heavy atom. The number of nitrogens with one attached hydrogen (secondary N) is 1. The van der Waals surface area contributed by atoms with Crippen molar-refractivity contribution < 1.29 is 14.4 Å². The van der Waals surface area contributed by atoms with Crippen LogP contribution in [0.4, 0.5) is 5.69 Å². The Balaban J connectivity index is 2.32. The summed E-state index contributed by atoms with van der Waals surface area (Å²) in [4.78, 5) is 38.4. The fraction of sp³-hybridized carbons (Fsp3) is 0. The van der Waals surface area contributed by atoms with Gasteiger partial charge < -0.3 is 16.8 Å². The minimum Gasteiger partial charge on any atom is -0.366 e. The van der Waals surface area contributed by atoms with E-state index in [0.29, 0.717) is 0 Å². The molecule has 0 radical (unpaired) electrons. The molecule has 1 heterocycles. The first kappa shape index (κ1) is 15.5. The topological polar surface area (TPSA) is 128 Å². The summed E-state index contributed by atoms with van der Waals surface area (Å²) in [5, 5.41) is 2.78. The molecular weight excluding hydrogens is 308 g/mol. The third-order valence-corrected chi connectivity index (χ3v) is 2.97. The smallest absolute Gasteiger partial charge is 0.257 e. The average Bonchev–Trinajstić information content (AvgIpc) is 2.47. The standard InChI is InChI=1S/C14H11ClN4O3/c15-11-2-1-7(6-18-11)14(22)19-10-4-8(12(16)20)3-9(5-10)13(17)21/h1-6H,(H2,16,20)(H2,17,21)(H,19,22). The van der Waals surface area contributed by atoms with E-state index in [1.807, 2.05) is 0 Å². The van der Waals surface area contributed by atoms with Gasteiger partial charge in [-0.2, -0.15) is 0 Å². The van der Waals surface area contributed by atoms with Gasteiger partial charge in [0.1, 0.15) is 5.15 Å². The second-order valence-corrected chi connectivity index (χ2v) is 4.74. The fourth-order valence-electron chi connectivity index (χ4n) is 1.70. The zero-order valence-electron chi connectivity index (χ0n) is 11.2. The van der Waals surface area contributed by atoms with Crippen molar-refractivity contribution in [1.29, 1.82) is 0 Å². The number of carbonyl (C=O) groups excluding carboxylic acids is 3. The third-order valence-electron chi connectivity index (χ3n) is 2.75. The first-order chi connectivity index (χ1) is 10.4. The van der Waals surface area contributed by atoms with E-state index >= 15 is 0 Å². The van der Waals surface area contributed by atoms with E-state index in [1.54, 1.807) is 0 Å². The van der Waals surface area contributed by atoms with Crippen molar-refractivity contribution in [2.75, 3.05) is 5.32 Å². The van der Waals surface area contributed by atoms with Gasteiger partial charge in [-0.3, -0.25) is 14.4 Å². The number of pyridine rings is 1. The number of primary amides is 2. The van der Waals surface area contributed by atoms with Crippen molar-refractivity contribution in [2.45, 2.75) is 0 Å². The molecule has 1 aromatic carbocycles. The first-order valence-corrected chi connectivity index (χ1v) is 6.42. The number of benzene rings is 1. The van der Waals surface area contributed by atoms with Gasteiger partial charge in [0.05, 0.1) is 5.56 Å². The second-order valence-electron chi connectivity index (χ2n) is 4.35. The number of aromatic nitrogens is 1. The predicted octanol–water partition coefficient (Wildman–Crippen LogP) is 1.19. The van der Waals surface area contributed by atoms with Crippen LogP contribution in [0.15, 0.2) is 36.5 Å². The van der Waals surface area contributed by atoms with Crippen molar-refractivity contribution in [3.8, 4) is 0 Å². The molecule has 0 atom stereocenters. The molecule has 2 rings (SSSR count). The van der Waals surface area contributed by atoms with Gasteiger partial charge >= 0.3 is 0 Å². The maximum atomic E-state index is 12.1. The number of hydrogen-bond acceptors (Lipinski definition) is 4. The van der Waals surface area contributed by atoms with Crippen molar-refractivity contribution in [3.63, 3.8) is 0 Å². The molecule has 2 aromatic rings. The zero-order chi connectivity index (χ0) is 16.3. The SMILES string of the molecule is NC(=O)c1cc(NC(=O)c2ccc(Cl)nc2)cc(C(N)=O)c1. The van der Waals surface area contributed by atoms with Gasteiger partial charge in [0.25, 0.3) is 5.91 Å². The van der Waals surface area contributed by atoms with Crippen LogP contribution in [0.3, 0.4) is 0 Å². The zero-order valence-corrected chi connectivity index (χ0v) is 11.9. The lowest BCUT2D eigenvalue weighted by molar-refractivity contribution is 0.0994. The van der Waals surface area contributed by atoms with Crippen LogP contribution in [0, 0.1) is 0 Å². The molecule has 0 fully saturated rings. The summed E-state index contributed by atoms with van der Waals surface area (Å²) >= 11 is 5.64. The Morgan fingerprint density at radius 3 is 2.00 bits per heavy atom. The molecule has 7 nitrogen and oxygen atoms in total. The molecule has 0 spiro atoms. The van der Waals surface area contributed by atoms with Gasteiger partial charge in [-0.05, 0) is 30.3 Å². The van der Waals surface area contributed by atoms with Gasteiger partial charge in [0.15, 0.2) is 0 Å². The van der Waals surface area contributed by atoms with Crippen LogP contribution in [0.2, 0.25) is 5.15 Å². The van der Waals surface area contributed by atoms with E-state index in [4.69, 9.17) is 23.1 Å². The summed E-state index contributed by atoms with van der Waals surface area (Å²) in [5.41, 5.74) is 10.9. The molecule has 0 aliphatic carbocycles. The quantitative estimate of drug-likeness (QED) is 0.731. The average molecular weight is 319 g/mol. The maximum absolute atomic E-state index is 12.1. The molecule has 8 heteroatoms. The molecule has 0 unspecified atom stereocenters. The highest BCUT2D eigenvalue weighted by molar-refractivity contribution is 6.29. The van der Waals surface area contributed by atoms with Crippen LogP contribution >= 0.6 is 11.6 Å². The van der Waals surface area contributed by atoms with Crippen LogP contribution < -0.4 is 16.8 Å². The number of nitrogens with zero attached hydrogens (tertiary/aromatic N) is 1. The highest BCUT2D eigenvalue weighted by Crippen LogP contribution is 2.16. The Kier molecular flexibility index (Phi) is 4.38. The van der Waals surface area contributed by atoms with Crippen LogP contribution in [0.25, 0.3) is 0 Å². The molecule has 0 aliphatic heterocycles. The van der Waals surface area contributed by atoms with E-state index in [9.17, 15) is 14.4 Å². The summed E-state index contributed by atoms with van der Waals surface area (Å²) < 4.78 is 0. The third kappa shape index (κ3) is 3.58. The summed E-state index contributed by atoms with van der Waals surface area (Å²) in [6.07, 6.45) is 1.30. The Hall–Kier alpha value is -2.93. The van der Waals surface area contributed by atoms with Gasteiger partial charge in [-0.25, -0.2) is 4.98 Å². The molecule has 5 N–H and O–H groups in total. The molecule has 1 aromatic heterocycles. The number of nitrogens with two attached hydrogens (primary N) is 2. The maximum Gasteiger partial charge on any atom is 0.257 e. The predicted molar refractivity (Wildman–Crippen MR) is 80.7 cm³/mol. The van der Waals surface area contributed by atoms with Gasteiger partial charge in [-0.1, -0.05) is 11.6 Å². The second kappa shape index (κ2) is 6.23. The number of rotatable bonds is 4. The molecule has 112 valence electrons. The van der Waals surface area contributed by atoms with Crippen molar-refractivity contribution in [3.05, 3.63) is 58.4 Å². The fourth-order valence-corrected chi connectivity index (χ4v) is 1.81. The monoisotopic (exact) mass is 318 g/mol. The Labute approximate surface area is 130 Å². The minimum atomic E-state index is -0.744. The van der Waals surface area contributed by atoms with Crippen LogP contribution in [-0.2, 0) is 0 Å². The van der Waals surface area contributed by atoms with E-state index in [1.165, 1.54) is 36.5 Å². The van der Waals surface area contributed by atoms with E-state index in [2.05, 4.69) is 10.3 Å². The lowest BCUT2D eigenvalue weighted by atomic mass is 10.1.